The van der Waals surface area contributed by atoms with Gasteiger partial charge in [-0.05, 0) is 49.1 Å². The van der Waals surface area contributed by atoms with Crippen LogP contribution in [0.5, 0.6) is 0 Å². The van der Waals surface area contributed by atoms with Crippen molar-refractivity contribution in [2.75, 3.05) is 12.3 Å². The molecule has 8 heteroatoms. The van der Waals surface area contributed by atoms with Crippen LogP contribution in [-0.2, 0) is 22.7 Å². The Balaban J connectivity index is 1.35. The number of aromatic nitrogens is 3. The first-order valence-electron chi connectivity index (χ1n) is 11.7. The first-order chi connectivity index (χ1) is 16.0. The Morgan fingerprint density at radius 2 is 1.94 bits per heavy atom. The number of nitrogens with one attached hydrogen (secondary N) is 1. The molecule has 1 N–H and O–H groups in total. The van der Waals surface area contributed by atoms with Crippen LogP contribution in [0.15, 0.2) is 47.6 Å². The number of hydrogen-bond acceptors (Lipinski definition) is 5. The average Bonchev–Trinajstić information content (AvgIpc) is 3.10. The van der Waals surface area contributed by atoms with Crippen LogP contribution >= 0.6 is 11.8 Å². The Kier molecular flexibility index (Phi) is 7.65. The molecule has 0 radical (unpaired) electrons. The van der Waals surface area contributed by atoms with Gasteiger partial charge in [0.2, 0.25) is 11.8 Å². The number of benzene rings is 2. The van der Waals surface area contributed by atoms with E-state index in [1.807, 2.05) is 35.4 Å². The van der Waals surface area contributed by atoms with Crippen molar-refractivity contribution in [1.29, 1.82) is 0 Å². The Bertz CT molecular complexity index is 1130. The van der Waals surface area contributed by atoms with E-state index in [1.165, 1.54) is 17.1 Å². The maximum absolute atomic E-state index is 12.6. The van der Waals surface area contributed by atoms with E-state index in [0.29, 0.717) is 24.7 Å². The van der Waals surface area contributed by atoms with Crippen molar-refractivity contribution in [3.8, 4) is 0 Å². The molecule has 2 aromatic carbocycles. The summed E-state index contributed by atoms with van der Waals surface area (Å²) in [6.45, 7) is 5.97. The van der Waals surface area contributed by atoms with Crippen molar-refractivity contribution in [1.82, 2.24) is 25.0 Å². The molecule has 1 aliphatic heterocycles. The summed E-state index contributed by atoms with van der Waals surface area (Å²) in [6, 6.07) is 14.4. The topological polar surface area (TPSA) is 80.1 Å². The molecular formula is C25H31N5O2S. The van der Waals surface area contributed by atoms with Crippen molar-refractivity contribution in [3.63, 3.8) is 0 Å². The highest BCUT2D eigenvalue weighted by Gasteiger charge is 2.21. The van der Waals surface area contributed by atoms with E-state index in [1.54, 1.807) is 0 Å². The fraction of sp³-hybridized carbons (Fsp3) is 0.440. The Labute approximate surface area is 198 Å². The van der Waals surface area contributed by atoms with Gasteiger partial charge in [0.25, 0.3) is 0 Å². The molecule has 1 aliphatic rings. The van der Waals surface area contributed by atoms with E-state index in [9.17, 15) is 9.59 Å². The third kappa shape index (κ3) is 5.74. The Morgan fingerprint density at radius 1 is 1.12 bits per heavy atom. The molecule has 1 atom stereocenters. The molecule has 174 valence electrons. The van der Waals surface area contributed by atoms with Gasteiger partial charge in [0.05, 0.1) is 18.3 Å². The molecule has 3 aromatic rings. The number of rotatable bonds is 8. The number of likely N-dealkylation sites (tertiary alicyclic amines) is 1. The van der Waals surface area contributed by atoms with Gasteiger partial charge in [-0.25, -0.2) is 0 Å². The summed E-state index contributed by atoms with van der Waals surface area (Å²) in [5.41, 5.74) is 1.08. The van der Waals surface area contributed by atoms with Crippen molar-refractivity contribution >= 4 is 34.3 Å². The minimum Gasteiger partial charge on any atom is -0.349 e. The summed E-state index contributed by atoms with van der Waals surface area (Å²) in [6.07, 6.45) is 3.70. The molecule has 1 saturated heterocycles. The fourth-order valence-electron chi connectivity index (χ4n) is 4.21. The molecule has 1 aromatic heterocycles. The van der Waals surface area contributed by atoms with Gasteiger partial charge >= 0.3 is 0 Å². The van der Waals surface area contributed by atoms with Gasteiger partial charge in [-0.2, -0.15) is 0 Å². The summed E-state index contributed by atoms with van der Waals surface area (Å²) in [5.74, 6) is 1.18. The van der Waals surface area contributed by atoms with Crippen LogP contribution in [0.2, 0.25) is 0 Å². The van der Waals surface area contributed by atoms with Gasteiger partial charge in [0, 0.05) is 19.5 Å². The van der Waals surface area contributed by atoms with Crippen LogP contribution in [0.25, 0.3) is 10.8 Å². The summed E-state index contributed by atoms with van der Waals surface area (Å²) < 4.78 is 2.00. The number of fused-ring (bicyclic) bond motifs is 1. The van der Waals surface area contributed by atoms with Crippen LogP contribution in [0.1, 0.15) is 57.0 Å². The molecule has 0 saturated carbocycles. The average molecular weight is 466 g/mol. The fourth-order valence-corrected chi connectivity index (χ4v) is 5.04. The van der Waals surface area contributed by atoms with Gasteiger partial charge < -0.3 is 14.8 Å². The molecule has 0 aliphatic carbocycles. The van der Waals surface area contributed by atoms with Crippen molar-refractivity contribution in [2.45, 2.75) is 63.8 Å². The summed E-state index contributed by atoms with van der Waals surface area (Å²) in [4.78, 5) is 26.9. The quantitative estimate of drug-likeness (QED) is 0.501. The lowest BCUT2D eigenvalue weighted by Crippen LogP contribution is -2.31. The van der Waals surface area contributed by atoms with Crippen LogP contribution in [0.4, 0.5) is 0 Å². The third-order valence-corrected chi connectivity index (χ3v) is 7.06. The second-order valence-electron chi connectivity index (χ2n) is 8.45. The molecule has 4 rings (SSSR count). The summed E-state index contributed by atoms with van der Waals surface area (Å²) in [5, 5.41) is 14.8. The van der Waals surface area contributed by atoms with Crippen molar-refractivity contribution < 1.29 is 9.59 Å². The molecule has 2 amide bonds. The normalized spacial score (nSPS) is 15.5. The molecule has 33 heavy (non-hydrogen) atoms. The minimum atomic E-state index is -0.0867. The lowest BCUT2D eigenvalue weighted by atomic mass is 10.0. The highest BCUT2D eigenvalue weighted by atomic mass is 32.2. The number of carbonyl (C=O) groups is 2. The maximum Gasteiger partial charge on any atom is 0.230 e. The predicted octanol–water partition coefficient (Wildman–Crippen LogP) is 4.32. The zero-order chi connectivity index (χ0) is 23.2. The molecule has 1 fully saturated rings. The van der Waals surface area contributed by atoms with E-state index >= 15 is 0 Å². The number of hydrogen-bond donors (Lipinski definition) is 1. The van der Waals surface area contributed by atoms with Gasteiger partial charge in [-0.1, -0.05) is 54.6 Å². The standard InChI is InChI=1S/C25H31N5O2S/c1-3-30-22(16-29-14-8-4-5-11-24(29)32)27-28-25(30)33-17-23(31)26-18(2)20-13-12-19-9-6-7-10-21(19)15-20/h6-7,9-10,12-13,15,18H,3-5,8,11,14,16-17H2,1-2H3,(H,26,31). The smallest absolute Gasteiger partial charge is 0.230 e. The van der Waals surface area contributed by atoms with E-state index in [0.717, 1.165) is 42.6 Å². The zero-order valence-corrected chi connectivity index (χ0v) is 20.1. The van der Waals surface area contributed by atoms with Crippen LogP contribution < -0.4 is 5.32 Å². The number of carbonyl (C=O) groups excluding carboxylic acids is 2. The van der Waals surface area contributed by atoms with E-state index in [-0.39, 0.29) is 23.6 Å². The van der Waals surface area contributed by atoms with Crippen molar-refractivity contribution in [2.24, 2.45) is 0 Å². The lowest BCUT2D eigenvalue weighted by molar-refractivity contribution is -0.131. The van der Waals surface area contributed by atoms with E-state index in [4.69, 9.17) is 0 Å². The van der Waals surface area contributed by atoms with E-state index in [2.05, 4.69) is 45.8 Å². The zero-order valence-electron chi connectivity index (χ0n) is 19.3. The second kappa shape index (κ2) is 10.8. The van der Waals surface area contributed by atoms with Crippen LogP contribution in [0, 0.1) is 0 Å². The Hall–Kier alpha value is -2.87. The van der Waals surface area contributed by atoms with E-state index < -0.39 is 0 Å². The molecule has 0 spiro atoms. The SMILES string of the molecule is CCn1c(CN2CCCCCC2=O)nnc1SCC(=O)NC(C)c1ccc2ccccc2c1. The largest absolute Gasteiger partial charge is 0.349 e. The predicted molar refractivity (Wildman–Crippen MR) is 131 cm³/mol. The Morgan fingerprint density at radius 3 is 2.76 bits per heavy atom. The number of nitrogens with zero attached hydrogens (tertiary/aromatic N) is 4. The molecule has 0 bridgehead atoms. The molecular weight excluding hydrogens is 434 g/mol. The van der Waals surface area contributed by atoms with Crippen LogP contribution in [-0.4, -0.2) is 43.8 Å². The first kappa shape index (κ1) is 23.3. The summed E-state index contributed by atoms with van der Waals surface area (Å²) in [7, 11) is 0. The van der Waals surface area contributed by atoms with Crippen molar-refractivity contribution in [3.05, 3.63) is 53.9 Å². The van der Waals surface area contributed by atoms with Gasteiger partial charge in [0.1, 0.15) is 0 Å². The van der Waals surface area contributed by atoms with Crippen LogP contribution in [0.3, 0.4) is 0 Å². The highest BCUT2D eigenvalue weighted by molar-refractivity contribution is 7.99. The monoisotopic (exact) mass is 465 g/mol. The summed E-state index contributed by atoms with van der Waals surface area (Å²) >= 11 is 1.38. The van der Waals surface area contributed by atoms with Gasteiger partial charge in [-0.15, -0.1) is 10.2 Å². The number of amides is 2. The van der Waals surface area contributed by atoms with Gasteiger partial charge in [-0.3, -0.25) is 9.59 Å². The second-order valence-corrected chi connectivity index (χ2v) is 9.40. The molecule has 2 heterocycles. The third-order valence-electron chi connectivity index (χ3n) is 6.10. The molecule has 1 unspecified atom stereocenters. The van der Waals surface area contributed by atoms with Gasteiger partial charge in [0.15, 0.2) is 11.0 Å². The minimum absolute atomic E-state index is 0.0458. The highest BCUT2D eigenvalue weighted by Crippen LogP contribution is 2.22. The number of thioether (sulfide) groups is 1. The molecule has 7 nitrogen and oxygen atoms in total. The first-order valence-corrected chi connectivity index (χ1v) is 12.6. The maximum atomic E-state index is 12.6. The lowest BCUT2D eigenvalue weighted by Gasteiger charge is -2.20.